The molecular weight excluding hydrogens is 229 g/mol. The van der Waals surface area contributed by atoms with Crippen LogP contribution in [0.3, 0.4) is 0 Å². The lowest BCUT2D eigenvalue weighted by Gasteiger charge is -2.11. The van der Waals surface area contributed by atoms with E-state index in [1.165, 1.54) is 18.6 Å². The van der Waals surface area contributed by atoms with Gasteiger partial charge in [-0.3, -0.25) is 4.99 Å². The molecule has 0 atom stereocenters. The average molecular weight is 251 g/mol. The Morgan fingerprint density at radius 2 is 1.83 bits per heavy atom. The third-order valence-electron chi connectivity index (χ3n) is 2.67. The molecule has 0 amide bonds. The molecule has 100 valence electrons. The van der Waals surface area contributed by atoms with Gasteiger partial charge in [-0.15, -0.1) is 0 Å². The van der Waals surface area contributed by atoms with Gasteiger partial charge in [-0.25, -0.2) is 4.39 Å². The first kappa shape index (κ1) is 14.5. The molecule has 0 saturated heterocycles. The van der Waals surface area contributed by atoms with Crippen molar-refractivity contribution in [3.63, 3.8) is 0 Å². The summed E-state index contributed by atoms with van der Waals surface area (Å²) < 4.78 is 12.7. The van der Waals surface area contributed by atoms with Gasteiger partial charge in [0.15, 0.2) is 5.96 Å². The normalized spacial score (nSPS) is 11.4. The lowest BCUT2D eigenvalue weighted by atomic mass is 10.1. The fourth-order valence-electron chi connectivity index (χ4n) is 1.58. The molecule has 2 N–H and O–H groups in total. The summed E-state index contributed by atoms with van der Waals surface area (Å²) in [6.07, 6.45) is 3.16. The Morgan fingerprint density at radius 1 is 1.17 bits per heavy atom. The number of unbranched alkanes of at least 4 members (excludes halogenated alkanes) is 1. The predicted octanol–water partition coefficient (Wildman–Crippen LogP) is 2.33. The van der Waals surface area contributed by atoms with Gasteiger partial charge >= 0.3 is 0 Å². The maximum atomic E-state index is 12.7. The summed E-state index contributed by atoms with van der Waals surface area (Å²) in [7, 11) is 1.76. The number of benzene rings is 1. The van der Waals surface area contributed by atoms with E-state index in [9.17, 15) is 4.39 Å². The highest BCUT2D eigenvalue weighted by atomic mass is 19.1. The predicted molar refractivity (Wildman–Crippen MR) is 74.4 cm³/mol. The number of guanidine groups is 1. The molecule has 1 aromatic rings. The van der Waals surface area contributed by atoms with Crippen molar-refractivity contribution >= 4 is 5.96 Å². The Balaban J connectivity index is 2.25. The van der Waals surface area contributed by atoms with Crippen molar-refractivity contribution in [3.05, 3.63) is 35.6 Å². The summed E-state index contributed by atoms with van der Waals surface area (Å²) >= 11 is 0. The average Bonchev–Trinajstić information content (AvgIpc) is 2.39. The summed E-state index contributed by atoms with van der Waals surface area (Å²) in [6, 6.07) is 6.60. The van der Waals surface area contributed by atoms with E-state index in [1.807, 2.05) is 12.1 Å². The molecular formula is C14H22FN3. The largest absolute Gasteiger partial charge is 0.356 e. The summed E-state index contributed by atoms with van der Waals surface area (Å²) in [4.78, 5) is 4.14. The summed E-state index contributed by atoms with van der Waals surface area (Å²) in [5.74, 6) is 0.634. The highest BCUT2D eigenvalue weighted by molar-refractivity contribution is 5.79. The van der Waals surface area contributed by atoms with Crippen molar-refractivity contribution in [1.29, 1.82) is 0 Å². The number of hydrogen-bond acceptors (Lipinski definition) is 1. The van der Waals surface area contributed by atoms with Crippen LogP contribution in [-0.2, 0) is 6.42 Å². The molecule has 4 heteroatoms. The van der Waals surface area contributed by atoms with Crippen LogP contribution in [0.5, 0.6) is 0 Å². The molecule has 0 unspecified atom stereocenters. The Bertz CT molecular complexity index is 360. The van der Waals surface area contributed by atoms with Crippen LogP contribution >= 0.6 is 0 Å². The Kier molecular flexibility index (Phi) is 6.84. The van der Waals surface area contributed by atoms with Crippen LogP contribution in [-0.4, -0.2) is 26.1 Å². The Hall–Kier alpha value is -1.58. The molecule has 1 aromatic carbocycles. The zero-order valence-corrected chi connectivity index (χ0v) is 11.2. The molecule has 18 heavy (non-hydrogen) atoms. The number of aliphatic imine (C=N–C) groups is 1. The van der Waals surface area contributed by atoms with E-state index in [0.717, 1.165) is 37.5 Å². The van der Waals surface area contributed by atoms with Crippen molar-refractivity contribution in [1.82, 2.24) is 10.6 Å². The second-order valence-corrected chi connectivity index (χ2v) is 4.16. The van der Waals surface area contributed by atoms with E-state index >= 15 is 0 Å². The molecule has 0 aliphatic carbocycles. The molecule has 0 saturated carbocycles. The number of rotatable bonds is 6. The van der Waals surface area contributed by atoms with Gasteiger partial charge in [0.2, 0.25) is 0 Å². The summed E-state index contributed by atoms with van der Waals surface area (Å²) in [6.45, 7) is 3.89. The van der Waals surface area contributed by atoms with Crippen LogP contribution in [0.2, 0.25) is 0 Å². The Morgan fingerprint density at radius 3 is 2.44 bits per heavy atom. The van der Waals surface area contributed by atoms with Crippen molar-refractivity contribution in [2.24, 2.45) is 4.99 Å². The molecule has 0 fully saturated rings. The minimum atomic E-state index is -0.191. The third kappa shape index (κ3) is 5.66. The van der Waals surface area contributed by atoms with Gasteiger partial charge in [0.1, 0.15) is 5.82 Å². The standard InChI is InChI=1S/C14H22FN3/c1-3-4-10-17-14(16-2)18-11-9-12-5-7-13(15)8-6-12/h5-8H,3-4,9-11H2,1-2H3,(H2,16,17,18). The molecule has 0 aliphatic rings. The first-order valence-corrected chi connectivity index (χ1v) is 6.45. The number of nitrogens with zero attached hydrogens (tertiary/aromatic N) is 1. The fraction of sp³-hybridized carbons (Fsp3) is 0.500. The van der Waals surface area contributed by atoms with E-state index in [2.05, 4.69) is 22.5 Å². The highest BCUT2D eigenvalue weighted by Gasteiger charge is 1.97. The van der Waals surface area contributed by atoms with E-state index in [0.29, 0.717) is 0 Å². The van der Waals surface area contributed by atoms with Crippen molar-refractivity contribution in [2.75, 3.05) is 20.1 Å². The second-order valence-electron chi connectivity index (χ2n) is 4.16. The first-order valence-electron chi connectivity index (χ1n) is 6.45. The first-order chi connectivity index (χ1) is 8.76. The van der Waals surface area contributed by atoms with Gasteiger partial charge in [-0.2, -0.15) is 0 Å². The topological polar surface area (TPSA) is 36.4 Å². The second kappa shape index (κ2) is 8.50. The molecule has 1 rings (SSSR count). The minimum absolute atomic E-state index is 0.191. The smallest absolute Gasteiger partial charge is 0.190 e. The van der Waals surface area contributed by atoms with E-state index in [4.69, 9.17) is 0 Å². The van der Waals surface area contributed by atoms with Crippen molar-refractivity contribution in [3.8, 4) is 0 Å². The molecule has 0 radical (unpaired) electrons. The highest BCUT2D eigenvalue weighted by Crippen LogP contribution is 2.02. The summed E-state index contributed by atoms with van der Waals surface area (Å²) in [5, 5.41) is 6.48. The van der Waals surface area contributed by atoms with Crippen LogP contribution in [0.25, 0.3) is 0 Å². The lowest BCUT2D eigenvalue weighted by Crippen LogP contribution is -2.38. The van der Waals surface area contributed by atoms with Crippen molar-refractivity contribution in [2.45, 2.75) is 26.2 Å². The van der Waals surface area contributed by atoms with E-state index in [-0.39, 0.29) is 5.82 Å². The molecule has 0 aliphatic heterocycles. The third-order valence-corrected chi connectivity index (χ3v) is 2.67. The van der Waals surface area contributed by atoms with Gasteiger partial charge in [-0.1, -0.05) is 25.5 Å². The molecule has 3 nitrogen and oxygen atoms in total. The fourth-order valence-corrected chi connectivity index (χ4v) is 1.58. The van der Waals surface area contributed by atoms with Crippen LogP contribution in [0.1, 0.15) is 25.3 Å². The van der Waals surface area contributed by atoms with Crippen LogP contribution < -0.4 is 10.6 Å². The molecule has 0 heterocycles. The number of hydrogen-bond donors (Lipinski definition) is 2. The number of halogens is 1. The van der Waals surface area contributed by atoms with Crippen molar-refractivity contribution < 1.29 is 4.39 Å². The lowest BCUT2D eigenvalue weighted by molar-refractivity contribution is 0.626. The van der Waals surface area contributed by atoms with Gasteiger partial charge in [-0.05, 0) is 30.5 Å². The molecule has 0 aromatic heterocycles. The van der Waals surface area contributed by atoms with Crippen LogP contribution in [0, 0.1) is 5.82 Å². The molecule has 0 spiro atoms. The zero-order valence-electron chi connectivity index (χ0n) is 11.2. The Labute approximate surface area is 109 Å². The number of nitrogens with one attached hydrogen (secondary N) is 2. The summed E-state index contributed by atoms with van der Waals surface area (Å²) in [5.41, 5.74) is 1.12. The van der Waals surface area contributed by atoms with Crippen LogP contribution in [0.15, 0.2) is 29.3 Å². The molecule has 0 bridgehead atoms. The minimum Gasteiger partial charge on any atom is -0.356 e. The van der Waals surface area contributed by atoms with Crippen LogP contribution in [0.4, 0.5) is 4.39 Å². The van der Waals surface area contributed by atoms with E-state index in [1.54, 1.807) is 7.05 Å². The van der Waals surface area contributed by atoms with E-state index < -0.39 is 0 Å². The van der Waals surface area contributed by atoms with Gasteiger partial charge in [0.05, 0.1) is 0 Å². The quantitative estimate of drug-likeness (QED) is 0.462. The van der Waals surface area contributed by atoms with Gasteiger partial charge < -0.3 is 10.6 Å². The van der Waals surface area contributed by atoms with Gasteiger partial charge in [0, 0.05) is 20.1 Å². The van der Waals surface area contributed by atoms with Gasteiger partial charge in [0.25, 0.3) is 0 Å². The monoisotopic (exact) mass is 251 g/mol. The SMILES string of the molecule is CCCCNC(=NC)NCCc1ccc(F)cc1. The maximum absolute atomic E-state index is 12.7. The maximum Gasteiger partial charge on any atom is 0.190 e. The zero-order chi connectivity index (χ0) is 13.2.